The number of primary sulfonamides is 2. The lowest BCUT2D eigenvalue weighted by atomic mass is 10.0. The molecule has 2 aromatic carbocycles. The number of hydrogen-bond acceptors (Lipinski definition) is 8. The minimum absolute atomic E-state index is 0.0805. The molecule has 0 saturated heterocycles. The van der Waals surface area contributed by atoms with Crippen LogP contribution in [0.1, 0.15) is 200 Å². The van der Waals surface area contributed by atoms with Crippen molar-refractivity contribution in [1.29, 1.82) is 0 Å². The molecule has 0 amide bonds. The van der Waals surface area contributed by atoms with Crippen LogP contribution in [0.2, 0.25) is 0 Å². The van der Waals surface area contributed by atoms with Gasteiger partial charge in [-0.3, -0.25) is 9.59 Å². The van der Waals surface area contributed by atoms with Gasteiger partial charge in [0.1, 0.15) is 11.2 Å². The van der Waals surface area contributed by atoms with Crippen LogP contribution in [-0.2, 0) is 45.5 Å². The Kier molecular flexibility index (Phi) is 27.3. The van der Waals surface area contributed by atoms with Crippen molar-refractivity contribution in [3.8, 4) is 11.8 Å². The van der Waals surface area contributed by atoms with E-state index in [4.69, 9.17) is 19.8 Å². The molecule has 10 nitrogen and oxygen atoms in total. The number of benzene rings is 2. The first-order valence-corrected chi connectivity index (χ1v) is 25.4. The first-order chi connectivity index (χ1) is 28.2. The van der Waals surface area contributed by atoms with E-state index in [1.165, 1.54) is 102 Å². The number of hydrogen-bond donors (Lipinski definition) is 2. The minimum atomic E-state index is -3.64. The van der Waals surface area contributed by atoms with Crippen molar-refractivity contribution in [2.24, 2.45) is 10.3 Å². The maximum absolute atomic E-state index is 11.6. The Balaban J connectivity index is 0.000000600. The van der Waals surface area contributed by atoms with Crippen LogP contribution in [0.4, 0.5) is 0 Å². The summed E-state index contributed by atoms with van der Waals surface area (Å²) in [5.74, 6) is 6.02. The molecule has 0 aliphatic carbocycles. The Labute approximate surface area is 364 Å². The fraction of sp³-hybridized carbons (Fsp3) is 0.667. The zero-order valence-electron chi connectivity index (χ0n) is 37.8. The number of carbonyl (C=O) groups excluding carboxylic acids is 2. The van der Waals surface area contributed by atoms with E-state index >= 15 is 0 Å². The monoisotopic (exact) mass is 875 g/mol. The first kappa shape index (κ1) is 54.8. The molecule has 0 radical (unpaired) electrons. The smallest absolute Gasteiger partial charge is 0.306 e. The van der Waals surface area contributed by atoms with Crippen molar-refractivity contribution in [3.05, 3.63) is 59.7 Å². The Morgan fingerprint density at radius 1 is 0.483 bits per heavy atom. The summed E-state index contributed by atoms with van der Waals surface area (Å²) in [6, 6.07) is 13.2. The molecule has 12 heteroatoms. The van der Waals surface area contributed by atoms with E-state index in [1.54, 1.807) is 24.3 Å². The second-order valence-corrected chi connectivity index (χ2v) is 20.9. The van der Waals surface area contributed by atoms with Crippen LogP contribution >= 0.6 is 0 Å². The van der Waals surface area contributed by atoms with E-state index in [9.17, 15) is 26.4 Å². The second-order valence-electron chi connectivity index (χ2n) is 17.8. The number of ether oxygens (including phenoxy) is 2. The molecule has 2 rings (SSSR count). The van der Waals surface area contributed by atoms with Gasteiger partial charge in [0, 0.05) is 24.8 Å². The van der Waals surface area contributed by atoms with Crippen LogP contribution in [0.3, 0.4) is 0 Å². The molecular formula is C48H78N2O8S2. The van der Waals surface area contributed by atoms with Crippen molar-refractivity contribution in [1.82, 2.24) is 0 Å². The quantitative estimate of drug-likeness (QED) is 0.0507. The van der Waals surface area contributed by atoms with Crippen LogP contribution in [0.5, 0.6) is 0 Å². The van der Waals surface area contributed by atoms with Gasteiger partial charge in [0.05, 0.1) is 9.79 Å². The standard InChI is InChI=1S/C24H41NO4S.C24H37NO4S/c2*1-24(2,3)29-23(26)16-14-12-10-8-6-4-5-7-9-11-13-15-21-17-19-22(20-18-21)30(25,27)28/h17-20H,4-16H2,1-3H3,(H2,25,27,28);17-20H,4-12,14,16H2,1-3H3,(H2,25,27,28). The highest BCUT2D eigenvalue weighted by atomic mass is 32.2. The van der Waals surface area contributed by atoms with E-state index < -0.39 is 20.0 Å². The normalized spacial score (nSPS) is 11.9. The molecule has 60 heavy (non-hydrogen) atoms. The lowest BCUT2D eigenvalue weighted by Crippen LogP contribution is -2.23. The van der Waals surface area contributed by atoms with Crippen LogP contribution < -0.4 is 10.3 Å². The number of nitrogens with two attached hydrogens (primary N) is 2. The maximum atomic E-state index is 11.6. The molecule has 0 fully saturated rings. The SMILES string of the molecule is CC(C)(C)OC(=O)CCCCCCCCCCCC#Cc1ccc(S(N)(=O)=O)cc1.CC(C)(C)OC(=O)CCCCCCCCCCCCCc1ccc(S(N)(=O)=O)cc1. The summed E-state index contributed by atoms with van der Waals surface area (Å²) >= 11 is 0. The van der Waals surface area contributed by atoms with Gasteiger partial charge in [-0.05, 0) is 116 Å². The molecule has 0 aliphatic rings. The van der Waals surface area contributed by atoms with Crippen molar-refractivity contribution in [2.75, 3.05) is 0 Å². The highest BCUT2D eigenvalue weighted by molar-refractivity contribution is 7.89. The lowest BCUT2D eigenvalue weighted by Gasteiger charge is -2.19. The van der Waals surface area contributed by atoms with Gasteiger partial charge < -0.3 is 9.47 Å². The lowest BCUT2D eigenvalue weighted by molar-refractivity contribution is -0.156. The summed E-state index contributed by atoms with van der Waals surface area (Å²) in [7, 11) is -7.24. The highest BCUT2D eigenvalue weighted by Gasteiger charge is 2.16. The van der Waals surface area contributed by atoms with Crippen molar-refractivity contribution >= 4 is 32.0 Å². The molecule has 0 spiro atoms. The summed E-state index contributed by atoms with van der Waals surface area (Å²) in [5.41, 5.74) is 1.20. The third kappa shape index (κ3) is 31.6. The first-order valence-electron chi connectivity index (χ1n) is 22.3. The fourth-order valence-electron chi connectivity index (χ4n) is 6.43. The van der Waals surface area contributed by atoms with Crippen LogP contribution in [0.25, 0.3) is 0 Å². The Morgan fingerprint density at radius 3 is 1.15 bits per heavy atom. The molecule has 0 aliphatic heterocycles. The molecule has 0 atom stereocenters. The predicted molar refractivity (Wildman–Crippen MR) is 244 cm³/mol. The van der Waals surface area contributed by atoms with Gasteiger partial charge in [-0.25, -0.2) is 27.1 Å². The number of sulfonamides is 2. The summed E-state index contributed by atoms with van der Waals surface area (Å²) in [6.07, 6.45) is 26.5. The molecular weight excluding hydrogens is 797 g/mol. The van der Waals surface area contributed by atoms with E-state index in [2.05, 4.69) is 11.8 Å². The van der Waals surface area contributed by atoms with Gasteiger partial charge in [0.25, 0.3) is 0 Å². The molecule has 0 saturated carbocycles. The zero-order valence-corrected chi connectivity index (χ0v) is 39.5. The highest BCUT2D eigenvalue weighted by Crippen LogP contribution is 2.17. The summed E-state index contributed by atoms with van der Waals surface area (Å²) in [6.45, 7) is 11.4. The van der Waals surface area contributed by atoms with Crippen LogP contribution in [0.15, 0.2) is 58.3 Å². The number of esters is 2. The predicted octanol–water partition coefficient (Wildman–Crippen LogP) is 11.2. The number of unbranched alkanes of at least 4 members (excludes halogenated alkanes) is 19. The maximum Gasteiger partial charge on any atom is 0.306 e. The van der Waals surface area contributed by atoms with Gasteiger partial charge in [-0.1, -0.05) is 127 Å². The van der Waals surface area contributed by atoms with Gasteiger partial charge in [-0.2, -0.15) is 0 Å². The largest absolute Gasteiger partial charge is 0.460 e. The summed E-state index contributed by atoms with van der Waals surface area (Å²) in [4.78, 5) is 23.5. The van der Waals surface area contributed by atoms with Gasteiger partial charge >= 0.3 is 11.9 Å². The molecule has 340 valence electrons. The summed E-state index contributed by atoms with van der Waals surface area (Å²) in [5, 5.41) is 10.2. The summed E-state index contributed by atoms with van der Waals surface area (Å²) < 4.78 is 55.5. The van der Waals surface area contributed by atoms with Gasteiger partial charge in [-0.15, -0.1) is 0 Å². The topological polar surface area (TPSA) is 173 Å². The second kappa shape index (κ2) is 29.9. The molecule has 0 bridgehead atoms. The number of rotatable bonds is 27. The Hall–Kier alpha value is -3.24. The fourth-order valence-corrected chi connectivity index (χ4v) is 7.46. The average Bonchev–Trinajstić information content (AvgIpc) is 3.14. The number of aryl methyl sites for hydroxylation is 1. The zero-order chi connectivity index (χ0) is 44.9. The number of carbonyl (C=O) groups is 2. The van der Waals surface area contributed by atoms with Crippen LogP contribution in [-0.4, -0.2) is 40.0 Å². The Morgan fingerprint density at radius 2 is 0.800 bits per heavy atom. The molecule has 2 aromatic rings. The Bertz CT molecular complexity index is 1770. The third-order valence-electron chi connectivity index (χ3n) is 9.54. The molecule has 0 aromatic heterocycles. The van der Waals surface area contributed by atoms with E-state index in [0.717, 1.165) is 62.5 Å². The molecule has 0 unspecified atom stereocenters. The van der Waals surface area contributed by atoms with Gasteiger partial charge in [0.2, 0.25) is 20.0 Å². The molecule has 0 heterocycles. The van der Waals surface area contributed by atoms with Crippen molar-refractivity contribution in [2.45, 2.75) is 217 Å². The third-order valence-corrected chi connectivity index (χ3v) is 11.4. The average molecular weight is 875 g/mol. The van der Waals surface area contributed by atoms with E-state index in [1.807, 2.05) is 53.7 Å². The van der Waals surface area contributed by atoms with Crippen molar-refractivity contribution in [3.63, 3.8) is 0 Å². The van der Waals surface area contributed by atoms with Crippen molar-refractivity contribution < 1.29 is 35.9 Å². The van der Waals surface area contributed by atoms with Gasteiger partial charge in [0.15, 0.2) is 0 Å². The minimum Gasteiger partial charge on any atom is -0.460 e. The van der Waals surface area contributed by atoms with E-state index in [-0.39, 0.29) is 32.9 Å². The van der Waals surface area contributed by atoms with Crippen LogP contribution in [0, 0.1) is 11.8 Å². The van der Waals surface area contributed by atoms with E-state index in [0.29, 0.717) is 12.8 Å². The molecule has 4 N–H and O–H groups in total.